The van der Waals surface area contributed by atoms with E-state index in [4.69, 9.17) is 9.47 Å². The Bertz CT molecular complexity index is 197. The molecule has 1 heterocycles. The van der Waals surface area contributed by atoms with Crippen LogP contribution in [0.4, 0.5) is 0 Å². The van der Waals surface area contributed by atoms with Gasteiger partial charge in [-0.1, -0.05) is 0 Å². The predicted octanol–water partition coefficient (Wildman–Crippen LogP) is -0.0583. The number of aliphatic hydroxyl groups excluding tert-OH is 1. The SMILES string of the molecule is COCCOCC(O)CNCC1CCN(C)CC1. The molecule has 0 bridgehead atoms. The van der Waals surface area contributed by atoms with Crippen LogP contribution in [0.25, 0.3) is 0 Å². The molecule has 0 saturated carbocycles. The van der Waals surface area contributed by atoms with Gasteiger partial charge < -0.3 is 24.8 Å². The quantitative estimate of drug-likeness (QED) is 0.569. The van der Waals surface area contributed by atoms with E-state index in [0.717, 1.165) is 12.5 Å². The average Bonchev–Trinajstić information content (AvgIpc) is 2.37. The highest BCUT2D eigenvalue weighted by molar-refractivity contribution is 4.72. The first-order valence-corrected chi connectivity index (χ1v) is 6.86. The van der Waals surface area contributed by atoms with Gasteiger partial charge in [0, 0.05) is 13.7 Å². The first-order chi connectivity index (χ1) is 8.72. The number of ether oxygens (including phenoxy) is 2. The molecule has 1 fully saturated rings. The number of piperidine rings is 1. The van der Waals surface area contributed by atoms with Crippen LogP contribution in [-0.2, 0) is 9.47 Å². The lowest BCUT2D eigenvalue weighted by molar-refractivity contribution is 0.0133. The van der Waals surface area contributed by atoms with Gasteiger partial charge in [0.2, 0.25) is 0 Å². The maximum atomic E-state index is 9.68. The van der Waals surface area contributed by atoms with E-state index in [1.807, 2.05) is 0 Å². The monoisotopic (exact) mass is 260 g/mol. The Morgan fingerprint density at radius 3 is 2.72 bits per heavy atom. The maximum absolute atomic E-state index is 9.68. The molecule has 1 atom stereocenters. The second-order valence-electron chi connectivity index (χ2n) is 5.13. The summed E-state index contributed by atoms with van der Waals surface area (Å²) in [4.78, 5) is 2.37. The Kier molecular flexibility index (Phi) is 8.54. The largest absolute Gasteiger partial charge is 0.389 e. The van der Waals surface area contributed by atoms with Gasteiger partial charge in [0.15, 0.2) is 0 Å². The van der Waals surface area contributed by atoms with Crippen molar-refractivity contribution < 1.29 is 14.6 Å². The van der Waals surface area contributed by atoms with E-state index >= 15 is 0 Å². The Balaban J connectivity index is 1.93. The first-order valence-electron chi connectivity index (χ1n) is 6.86. The van der Waals surface area contributed by atoms with Crippen molar-refractivity contribution in [2.24, 2.45) is 5.92 Å². The number of hydrogen-bond acceptors (Lipinski definition) is 5. The first kappa shape index (κ1) is 15.9. The molecule has 5 nitrogen and oxygen atoms in total. The van der Waals surface area contributed by atoms with Crippen LogP contribution in [0.2, 0.25) is 0 Å². The van der Waals surface area contributed by atoms with Crippen molar-refractivity contribution in [3.8, 4) is 0 Å². The molecule has 1 aliphatic heterocycles. The Morgan fingerprint density at radius 1 is 1.33 bits per heavy atom. The number of rotatable bonds is 9. The van der Waals surface area contributed by atoms with Gasteiger partial charge in [-0.3, -0.25) is 0 Å². The van der Waals surface area contributed by atoms with Crippen LogP contribution in [0.3, 0.4) is 0 Å². The third-order valence-corrected chi connectivity index (χ3v) is 3.39. The Hall–Kier alpha value is -0.200. The van der Waals surface area contributed by atoms with Crippen molar-refractivity contribution >= 4 is 0 Å². The zero-order valence-electron chi connectivity index (χ0n) is 11.7. The van der Waals surface area contributed by atoms with Gasteiger partial charge >= 0.3 is 0 Å². The van der Waals surface area contributed by atoms with Crippen LogP contribution in [0.5, 0.6) is 0 Å². The minimum absolute atomic E-state index is 0.379. The van der Waals surface area contributed by atoms with Crippen LogP contribution in [0, 0.1) is 5.92 Å². The summed E-state index contributed by atoms with van der Waals surface area (Å²) in [5.41, 5.74) is 0. The van der Waals surface area contributed by atoms with E-state index in [0.29, 0.717) is 26.4 Å². The molecule has 0 radical (unpaired) electrons. The number of aliphatic hydroxyl groups is 1. The summed E-state index contributed by atoms with van der Waals surface area (Å²) in [6.07, 6.45) is 2.08. The lowest BCUT2D eigenvalue weighted by Crippen LogP contribution is -2.38. The fourth-order valence-electron chi connectivity index (χ4n) is 2.14. The topological polar surface area (TPSA) is 54.0 Å². The number of nitrogens with zero attached hydrogens (tertiary/aromatic N) is 1. The van der Waals surface area contributed by atoms with E-state index in [-0.39, 0.29) is 0 Å². The summed E-state index contributed by atoms with van der Waals surface area (Å²) < 4.78 is 10.1. The van der Waals surface area contributed by atoms with Gasteiger partial charge in [0.1, 0.15) is 0 Å². The van der Waals surface area contributed by atoms with Gasteiger partial charge in [0.25, 0.3) is 0 Å². The van der Waals surface area contributed by atoms with Gasteiger partial charge in [-0.25, -0.2) is 0 Å². The smallest absolute Gasteiger partial charge is 0.0897 e. The van der Waals surface area contributed by atoms with Crippen molar-refractivity contribution in [2.75, 3.05) is 60.2 Å². The van der Waals surface area contributed by atoms with Crippen LogP contribution in [-0.4, -0.2) is 76.3 Å². The second-order valence-corrected chi connectivity index (χ2v) is 5.13. The third-order valence-electron chi connectivity index (χ3n) is 3.39. The van der Waals surface area contributed by atoms with Gasteiger partial charge in [-0.2, -0.15) is 0 Å². The molecule has 1 saturated heterocycles. The molecule has 1 unspecified atom stereocenters. The summed E-state index contributed by atoms with van der Waals surface area (Å²) in [6, 6.07) is 0. The Morgan fingerprint density at radius 2 is 2.06 bits per heavy atom. The minimum Gasteiger partial charge on any atom is -0.389 e. The molecule has 0 aromatic heterocycles. The summed E-state index contributed by atoms with van der Waals surface area (Å²) >= 11 is 0. The fourth-order valence-corrected chi connectivity index (χ4v) is 2.14. The molecule has 1 rings (SSSR count). The normalized spacial score (nSPS) is 20.2. The molecule has 2 N–H and O–H groups in total. The van der Waals surface area contributed by atoms with Gasteiger partial charge in [-0.15, -0.1) is 0 Å². The molecule has 0 aliphatic carbocycles. The lowest BCUT2D eigenvalue weighted by Gasteiger charge is -2.29. The highest BCUT2D eigenvalue weighted by Gasteiger charge is 2.16. The number of likely N-dealkylation sites (tertiary alicyclic amines) is 1. The summed E-state index contributed by atoms with van der Waals surface area (Å²) in [7, 11) is 3.81. The van der Waals surface area contributed by atoms with E-state index in [1.165, 1.54) is 25.9 Å². The summed E-state index contributed by atoms with van der Waals surface area (Å²) in [6.45, 7) is 5.49. The van der Waals surface area contributed by atoms with E-state index < -0.39 is 6.10 Å². The second kappa shape index (κ2) is 9.69. The van der Waals surface area contributed by atoms with Crippen molar-refractivity contribution in [3.63, 3.8) is 0 Å². The molecule has 108 valence electrons. The van der Waals surface area contributed by atoms with E-state index in [2.05, 4.69) is 17.3 Å². The van der Waals surface area contributed by atoms with Crippen LogP contribution >= 0.6 is 0 Å². The van der Waals surface area contributed by atoms with Crippen molar-refractivity contribution in [3.05, 3.63) is 0 Å². The third kappa shape index (κ3) is 7.28. The van der Waals surface area contributed by atoms with Crippen molar-refractivity contribution in [2.45, 2.75) is 18.9 Å². The summed E-state index contributed by atoms with van der Waals surface area (Å²) in [5.74, 6) is 0.753. The number of hydrogen-bond donors (Lipinski definition) is 2. The maximum Gasteiger partial charge on any atom is 0.0897 e. The zero-order valence-corrected chi connectivity index (χ0v) is 11.7. The highest BCUT2D eigenvalue weighted by atomic mass is 16.5. The number of nitrogens with one attached hydrogen (secondary N) is 1. The van der Waals surface area contributed by atoms with Crippen molar-refractivity contribution in [1.29, 1.82) is 0 Å². The van der Waals surface area contributed by atoms with E-state index in [1.54, 1.807) is 7.11 Å². The molecule has 0 aromatic rings. The zero-order chi connectivity index (χ0) is 13.2. The van der Waals surface area contributed by atoms with Crippen LogP contribution in [0.15, 0.2) is 0 Å². The summed E-state index contributed by atoms with van der Waals surface area (Å²) in [5, 5.41) is 13.0. The predicted molar refractivity (Wildman–Crippen MR) is 71.8 cm³/mol. The number of methoxy groups -OCH3 is 1. The molecule has 0 amide bonds. The average molecular weight is 260 g/mol. The minimum atomic E-state index is -0.423. The van der Waals surface area contributed by atoms with Crippen LogP contribution < -0.4 is 5.32 Å². The Labute approximate surface area is 110 Å². The van der Waals surface area contributed by atoms with Crippen molar-refractivity contribution in [1.82, 2.24) is 10.2 Å². The van der Waals surface area contributed by atoms with Gasteiger partial charge in [0.05, 0.1) is 25.9 Å². The van der Waals surface area contributed by atoms with Crippen LogP contribution in [0.1, 0.15) is 12.8 Å². The molecule has 18 heavy (non-hydrogen) atoms. The molecule has 0 aromatic carbocycles. The molecule has 0 spiro atoms. The molecule has 5 heteroatoms. The van der Waals surface area contributed by atoms with E-state index in [9.17, 15) is 5.11 Å². The van der Waals surface area contributed by atoms with Gasteiger partial charge in [-0.05, 0) is 45.4 Å². The fraction of sp³-hybridized carbons (Fsp3) is 1.00. The standard InChI is InChI=1S/C13H28N2O3/c1-15-5-3-12(4-6-15)9-14-10-13(16)11-18-8-7-17-2/h12-14,16H,3-11H2,1-2H3. The molecular formula is C13H28N2O3. The molecular weight excluding hydrogens is 232 g/mol. The lowest BCUT2D eigenvalue weighted by atomic mass is 9.97. The highest BCUT2D eigenvalue weighted by Crippen LogP contribution is 2.14. The molecule has 1 aliphatic rings.